The summed E-state index contributed by atoms with van der Waals surface area (Å²) in [5.41, 5.74) is 3.67. The van der Waals surface area contributed by atoms with E-state index in [2.05, 4.69) is 20.1 Å². The van der Waals surface area contributed by atoms with Crippen molar-refractivity contribution in [3.8, 4) is 22.8 Å². The molecule has 0 aliphatic rings. The van der Waals surface area contributed by atoms with Gasteiger partial charge in [0.15, 0.2) is 0 Å². The fourth-order valence-electron chi connectivity index (χ4n) is 2.11. The molecule has 20 heavy (non-hydrogen) atoms. The second-order valence-corrected chi connectivity index (χ2v) is 4.42. The average molecular weight is 262 g/mol. The number of hydrogen-bond donors (Lipinski definition) is 1. The van der Waals surface area contributed by atoms with Crippen molar-refractivity contribution in [3.05, 3.63) is 54.9 Å². The number of rotatable bonds is 2. The van der Waals surface area contributed by atoms with Gasteiger partial charge in [-0.05, 0) is 18.2 Å². The van der Waals surface area contributed by atoms with E-state index in [1.54, 1.807) is 6.33 Å². The van der Waals surface area contributed by atoms with Crippen molar-refractivity contribution in [1.82, 2.24) is 20.1 Å². The predicted molar refractivity (Wildman–Crippen MR) is 74.8 cm³/mol. The summed E-state index contributed by atoms with van der Waals surface area (Å²) in [5, 5.41) is 4.02. The van der Waals surface area contributed by atoms with Crippen LogP contribution >= 0.6 is 0 Å². The fraction of sp³-hybridized carbons (Fsp3) is 0. The van der Waals surface area contributed by atoms with Gasteiger partial charge in [-0.2, -0.15) is 4.98 Å². The molecule has 96 valence electrons. The van der Waals surface area contributed by atoms with Gasteiger partial charge >= 0.3 is 0 Å². The molecule has 0 atom stereocenters. The standard InChI is InChI=1S/C15H10N4O/c1-2-4-10(5-3-1)14-18-15(20-19-14)11-6-7-12-13(8-11)17-9-16-12/h1-9H,(H,16,17). The number of aromatic amines is 1. The van der Waals surface area contributed by atoms with E-state index in [1.807, 2.05) is 48.5 Å². The number of benzene rings is 2. The van der Waals surface area contributed by atoms with E-state index in [-0.39, 0.29) is 0 Å². The minimum Gasteiger partial charge on any atom is -0.345 e. The van der Waals surface area contributed by atoms with Gasteiger partial charge < -0.3 is 9.51 Å². The summed E-state index contributed by atoms with van der Waals surface area (Å²) in [6, 6.07) is 15.5. The van der Waals surface area contributed by atoms with E-state index in [1.165, 1.54) is 0 Å². The number of aromatic nitrogens is 4. The topological polar surface area (TPSA) is 67.6 Å². The van der Waals surface area contributed by atoms with Crippen LogP contribution in [0, 0.1) is 0 Å². The molecule has 4 rings (SSSR count). The highest BCUT2D eigenvalue weighted by atomic mass is 16.5. The maximum Gasteiger partial charge on any atom is 0.258 e. The van der Waals surface area contributed by atoms with E-state index >= 15 is 0 Å². The molecule has 0 bridgehead atoms. The lowest BCUT2D eigenvalue weighted by Gasteiger charge is -1.94. The lowest BCUT2D eigenvalue weighted by Crippen LogP contribution is -1.81. The first kappa shape index (κ1) is 10.9. The van der Waals surface area contributed by atoms with Gasteiger partial charge in [-0.1, -0.05) is 35.5 Å². The zero-order valence-electron chi connectivity index (χ0n) is 10.4. The second-order valence-electron chi connectivity index (χ2n) is 4.42. The van der Waals surface area contributed by atoms with Crippen LogP contribution in [0.15, 0.2) is 59.4 Å². The maximum atomic E-state index is 5.34. The Bertz CT molecular complexity index is 864. The zero-order valence-corrected chi connectivity index (χ0v) is 10.4. The largest absolute Gasteiger partial charge is 0.345 e. The molecule has 1 N–H and O–H groups in total. The van der Waals surface area contributed by atoms with Crippen LogP contribution in [0.1, 0.15) is 0 Å². The van der Waals surface area contributed by atoms with E-state index < -0.39 is 0 Å². The van der Waals surface area contributed by atoms with Crippen LogP contribution in [-0.2, 0) is 0 Å². The van der Waals surface area contributed by atoms with Crippen molar-refractivity contribution in [3.63, 3.8) is 0 Å². The normalized spacial score (nSPS) is 11.0. The quantitative estimate of drug-likeness (QED) is 0.602. The molecule has 2 aromatic carbocycles. The summed E-state index contributed by atoms with van der Waals surface area (Å²) in [5.74, 6) is 1.09. The zero-order chi connectivity index (χ0) is 13.4. The van der Waals surface area contributed by atoms with Crippen LogP contribution in [0.3, 0.4) is 0 Å². The molecule has 4 aromatic rings. The third-order valence-electron chi connectivity index (χ3n) is 3.13. The lowest BCUT2D eigenvalue weighted by atomic mass is 10.2. The molecule has 0 radical (unpaired) electrons. The molecule has 0 fully saturated rings. The summed E-state index contributed by atoms with van der Waals surface area (Å²) in [6.45, 7) is 0. The Labute approximate surface area is 114 Å². The van der Waals surface area contributed by atoms with Crippen molar-refractivity contribution in [2.45, 2.75) is 0 Å². The van der Waals surface area contributed by atoms with Gasteiger partial charge in [0, 0.05) is 11.1 Å². The Balaban J connectivity index is 1.77. The van der Waals surface area contributed by atoms with Crippen LogP contribution < -0.4 is 0 Å². The van der Waals surface area contributed by atoms with Gasteiger partial charge in [0.1, 0.15) is 0 Å². The molecule has 0 spiro atoms. The summed E-state index contributed by atoms with van der Waals surface area (Å²) in [4.78, 5) is 11.7. The Hall–Kier alpha value is -2.95. The van der Waals surface area contributed by atoms with Gasteiger partial charge in [-0.15, -0.1) is 0 Å². The molecule has 0 saturated heterocycles. The van der Waals surface area contributed by atoms with E-state index in [9.17, 15) is 0 Å². The van der Waals surface area contributed by atoms with Gasteiger partial charge in [-0.25, -0.2) is 4.98 Å². The third-order valence-corrected chi connectivity index (χ3v) is 3.13. The van der Waals surface area contributed by atoms with Crippen LogP contribution in [0.2, 0.25) is 0 Å². The molecule has 0 saturated carbocycles. The van der Waals surface area contributed by atoms with Crippen molar-refractivity contribution in [2.24, 2.45) is 0 Å². The van der Waals surface area contributed by atoms with Crippen LogP contribution in [0.25, 0.3) is 33.9 Å². The first-order chi connectivity index (χ1) is 9.90. The molecule has 0 aliphatic carbocycles. The highest BCUT2D eigenvalue weighted by molar-refractivity contribution is 5.79. The van der Waals surface area contributed by atoms with Gasteiger partial charge in [0.25, 0.3) is 5.89 Å². The Morgan fingerprint density at radius 2 is 1.85 bits per heavy atom. The number of H-pyrrole nitrogens is 1. The van der Waals surface area contributed by atoms with Gasteiger partial charge in [0.2, 0.25) is 5.82 Å². The minimum absolute atomic E-state index is 0.500. The number of hydrogen-bond acceptors (Lipinski definition) is 4. The van der Waals surface area contributed by atoms with Crippen LogP contribution in [0.4, 0.5) is 0 Å². The monoisotopic (exact) mass is 262 g/mol. The number of imidazole rings is 1. The van der Waals surface area contributed by atoms with E-state index in [0.717, 1.165) is 22.2 Å². The Kier molecular flexibility index (Phi) is 2.35. The predicted octanol–water partition coefficient (Wildman–Crippen LogP) is 3.28. The highest BCUT2D eigenvalue weighted by Crippen LogP contribution is 2.24. The Morgan fingerprint density at radius 3 is 2.75 bits per heavy atom. The molecular formula is C15H10N4O. The fourth-order valence-corrected chi connectivity index (χ4v) is 2.11. The summed E-state index contributed by atoms with van der Waals surface area (Å²) >= 11 is 0. The van der Waals surface area contributed by atoms with Gasteiger partial charge in [0.05, 0.1) is 17.4 Å². The molecule has 5 nitrogen and oxygen atoms in total. The van der Waals surface area contributed by atoms with Crippen molar-refractivity contribution < 1.29 is 4.52 Å². The number of fused-ring (bicyclic) bond motifs is 1. The van der Waals surface area contributed by atoms with Crippen molar-refractivity contribution >= 4 is 11.0 Å². The first-order valence-corrected chi connectivity index (χ1v) is 6.23. The van der Waals surface area contributed by atoms with Gasteiger partial charge in [-0.3, -0.25) is 0 Å². The SMILES string of the molecule is c1ccc(-c2noc(-c3ccc4nc[nH]c4c3)n2)cc1. The summed E-state index contributed by atoms with van der Waals surface area (Å²) in [7, 11) is 0. The average Bonchev–Trinajstić information content (AvgIpc) is 3.16. The molecule has 0 amide bonds. The number of nitrogens with one attached hydrogen (secondary N) is 1. The van der Waals surface area contributed by atoms with Crippen LogP contribution in [-0.4, -0.2) is 20.1 Å². The van der Waals surface area contributed by atoms with E-state index in [0.29, 0.717) is 11.7 Å². The molecule has 5 heteroatoms. The molecule has 2 aromatic heterocycles. The second kappa shape index (κ2) is 4.31. The maximum absolute atomic E-state index is 5.34. The van der Waals surface area contributed by atoms with Crippen LogP contribution in [0.5, 0.6) is 0 Å². The van der Waals surface area contributed by atoms with Crippen molar-refractivity contribution in [2.75, 3.05) is 0 Å². The smallest absolute Gasteiger partial charge is 0.258 e. The molecule has 0 aliphatic heterocycles. The Morgan fingerprint density at radius 1 is 0.950 bits per heavy atom. The number of nitrogens with zero attached hydrogens (tertiary/aromatic N) is 3. The minimum atomic E-state index is 0.500. The van der Waals surface area contributed by atoms with Crippen molar-refractivity contribution in [1.29, 1.82) is 0 Å². The molecular weight excluding hydrogens is 252 g/mol. The first-order valence-electron chi connectivity index (χ1n) is 6.23. The lowest BCUT2D eigenvalue weighted by molar-refractivity contribution is 0.432. The molecule has 2 heterocycles. The summed E-state index contributed by atoms with van der Waals surface area (Å²) < 4.78 is 5.34. The van der Waals surface area contributed by atoms with E-state index in [4.69, 9.17) is 4.52 Å². The highest BCUT2D eigenvalue weighted by Gasteiger charge is 2.11. The third kappa shape index (κ3) is 1.76. The summed E-state index contributed by atoms with van der Waals surface area (Å²) in [6.07, 6.45) is 1.66. The molecule has 0 unspecified atom stereocenters.